The third-order valence-electron chi connectivity index (χ3n) is 3.04. The van der Waals surface area contributed by atoms with Gasteiger partial charge in [-0.15, -0.1) is 0 Å². The molecule has 0 atom stereocenters. The van der Waals surface area contributed by atoms with Crippen LogP contribution < -0.4 is 0 Å². The number of nitrogens with zero attached hydrogens (tertiary/aromatic N) is 2. The van der Waals surface area contributed by atoms with E-state index in [0.29, 0.717) is 0 Å². The van der Waals surface area contributed by atoms with Crippen LogP contribution in [0.25, 0.3) is 0 Å². The summed E-state index contributed by atoms with van der Waals surface area (Å²) in [5.41, 5.74) is 0. The van der Waals surface area contributed by atoms with Crippen molar-refractivity contribution in [2.75, 3.05) is 32.7 Å². The lowest BCUT2D eigenvalue weighted by Crippen LogP contribution is -2.36. The molecule has 0 N–H and O–H groups in total. The van der Waals surface area contributed by atoms with E-state index in [-0.39, 0.29) is 0 Å². The van der Waals surface area contributed by atoms with E-state index in [2.05, 4.69) is 34.2 Å². The minimum Gasteiger partial charge on any atom is -0.372 e. The van der Waals surface area contributed by atoms with Crippen molar-refractivity contribution < 1.29 is 0 Å². The molecule has 2 heteroatoms. The third kappa shape index (κ3) is 2.88. The molecule has 78 valence electrons. The SMILES string of the molecule is C1=CCN(CCN2CCCCC2)C=C1. The lowest BCUT2D eigenvalue weighted by molar-refractivity contribution is 0.208. The first-order chi connectivity index (χ1) is 6.95. The lowest BCUT2D eigenvalue weighted by atomic mass is 10.1. The van der Waals surface area contributed by atoms with Crippen molar-refractivity contribution in [2.45, 2.75) is 19.3 Å². The maximum absolute atomic E-state index is 2.59. The van der Waals surface area contributed by atoms with Crippen LogP contribution >= 0.6 is 0 Å². The largest absolute Gasteiger partial charge is 0.372 e. The van der Waals surface area contributed by atoms with Gasteiger partial charge in [0.2, 0.25) is 0 Å². The summed E-state index contributed by atoms with van der Waals surface area (Å²) in [6.07, 6.45) is 12.9. The number of rotatable bonds is 3. The van der Waals surface area contributed by atoms with Gasteiger partial charge in [-0.2, -0.15) is 0 Å². The van der Waals surface area contributed by atoms with Crippen LogP contribution in [0.15, 0.2) is 24.4 Å². The molecule has 0 unspecified atom stereocenters. The Morgan fingerprint density at radius 2 is 1.79 bits per heavy atom. The maximum Gasteiger partial charge on any atom is 0.0357 e. The molecule has 0 spiro atoms. The summed E-state index contributed by atoms with van der Waals surface area (Å²) >= 11 is 0. The first kappa shape index (κ1) is 9.78. The topological polar surface area (TPSA) is 6.48 Å². The minimum atomic E-state index is 1.09. The summed E-state index contributed by atoms with van der Waals surface area (Å²) in [4.78, 5) is 4.98. The highest BCUT2D eigenvalue weighted by atomic mass is 15.2. The van der Waals surface area contributed by atoms with Gasteiger partial charge in [0.15, 0.2) is 0 Å². The van der Waals surface area contributed by atoms with Gasteiger partial charge in [0.1, 0.15) is 0 Å². The predicted octanol–water partition coefficient (Wildman–Crippen LogP) is 1.86. The average molecular weight is 192 g/mol. The van der Waals surface area contributed by atoms with E-state index < -0.39 is 0 Å². The van der Waals surface area contributed by atoms with Crippen LogP contribution in [-0.4, -0.2) is 42.5 Å². The van der Waals surface area contributed by atoms with E-state index in [9.17, 15) is 0 Å². The zero-order chi connectivity index (χ0) is 9.64. The van der Waals surface area contributed by atoms with Gasteiger partial charge in [-0.05, 0) is 38.2 Å². The van der Waals surface area contributed by atoms with Gasteiger partial charge in [-0.25, -0.2) is 0 Å². The smallest absolute Gasteiger partial charge is 0.0357 e. The fourth-order valence-electron chi connectivity index (χ4n) is 2.13. The van der Waals surface area contributed by atoms with Gasteiger partial charge in [-0.3, -0.25) is 0 Å². The van der Waals surface area contributed by atoms with E-state index in [1.54, 1.807) is 0 Å². The molecule has 0 aliphatic carbocycles. The summed E-state index contributed by atoms with van der Waals surface area (Å²) in [6, 6.07) is 0. The van der Waals surface area contributed by atoms with Gasteiger partial charge in [0.05, 0.1) is 0 Å². The van der Waals surface area contributed by atoms with Crippen molar-refractivity contribution in [3.63, 3.8) is 0 Å². The molecule has 0 aromatic heterocycles. The quantitative estimate of drug-likeness (QED) is 0.673. The Balaban J connectivity index is 1.66. The summed E-state index contributed by atoms with van der Waals surface area (Å²) in [5.74, 6) is 0. The predicted molar refractivity (Wildman–Crippen MR) is 60.1 cm³/mol. The first-order valence-electron chi connectivity index (χ1n) is 5.75. The second-order valence-corrected chi connectivity index (χ2v) is 4.17. The highest BCUT2D eigenvalue weighted by Crippen LogP contribution is 2.08. The van der Waals surface area contributed by atoms with Crippen LogP contribution in [0.1, 0.15) is 19.3 Å². The second kappa shape index (κ2) is 5.20. The first-order valence-corrected chi connectivity index (χ1v) is 5.75. The fourth-order valence-corrected chi connectivity index (χ4v) is 2.13. The molecule has 0 aromatic carbocycles. The van der Waals surface area contributed by atoms with Crippen molar-refractivity contribution in [1.29, 1.82) is 0 Å². The fraction of sp³-hybridized carbons (Fsp3) is 0.667. The highest BCUT2D eigenvalue weighted by molar-refractivity contribution is 5.08. The van der Waals surface area contributed by atoms with E-state index >= 15 is 0 Å². The molecule has 2 heterocycles. The number of allylic oxidation sites excluding steroid dienone is 2. The van der Waals surface area contributed by atoms with E-state index in [0.717, 1.165) is 6.54 Å². The minimum absolute atomic E-state index is 1.09. The molecule has 2 nitrogen and oxygen atoms in total. The molecule has 1 saturated heterocycles. The monoisotopic (exact) mass is 192 g/mol. The van der Waals surface area contributed by atoms with Gasteiger partial charge < -0.3 is 9.80 Å². The number of likely N-dealkylation sites (tertiary alicyclic amines) is 1. The Kier molecular flexibility index (Phi) is 3.64. The zero-order valence-corrected chi connectivity index (χ0v) is 8.86. The van der Waals surface area contributed by atoms with Crippen LogP contribution in [-0.2, 0) is 0 Å². The van der Waals surface area contributed by atoms with Crippen LogP contribution in [0.2, 0.25) is 0 Å². The van der Waals surface area contributed by atoms with Crippen LogP contribution in [0.5, 0.6) is 0 Å². The molecule has 14 heavy (non-hydrogen) atoms. The third-order valence-corrected chi connectivity index (χ3v) is 3.04. The van der Waals surface area contributed by atoms with Crippen LogP contribution in [0, 0.1) is 0 Å². The zero-order valence-electron chi connectivity index (χ0n) is 8.86. The molecule has 0 bridgehead atoms. The van der Waals surface area contributed by atoms with Crippen molar-refractivity contribution in [3.05, 3.63) is 24.4 Å². The van der Waals surface area contributed by atoms with E-state index in [1.165, 1.54) is 45.4 Å². The average Bonchev–Trinajstić information content (AvgIpc) is 2.29. The standard InChI is InChI=1S/C12H20N2/c1-3-7-13(8-4-1)11-12-14-9-5-2-6-10-14/h1,3-4,7H,2,5-6,8-12H2. The summed E-state index contributed by atoms with van der Waals surface area (Å²) in [6.45, 7) is 6.13. The van der Waals surface area contributed by atoms with Crippen molar-refractivity contribution >= 4 is 0 Å². The normalized spacial score (nSPS) is 23.0. The van der Waals surface area contributed by atoms with E-state index in [4.69, 9.17) is 0 Å². The van der Waals surface area contributed by atoms with E-state index in [1.807, 2.05) is 0 Å². The van der Waals surface area contributed by atoms with Gasteiger partial charge >= 0.3 is 0 Å². The molecular formula is C12H20N2. The molecular weight excluding hydrogens is 172 g/mol. The van der Waals surface area contributed by atoms with Crippen molar-refractivity contribution in [3.8, 4) is 0 Å². The van der Waals surface area contributed by atoms with Crippen LogP contribution in [0.4, 0.5) is 0 Å². The Morgan fingerprint density at radius 1 is 0.929 bits per heavy atom. The number of piperidine rings is 1. The van der Waals surface area contributed by atoms with Crippen molar-refractivity contribution in [1.82, 2.24) is 9.80 Å². The van der Waals surface area contributed by atoms with Crippen LogP contribution in [0.3, 0.4) is 0 Å². The highest BCUT2D eigenvalue weighted by Gasteiger charge is 2.10. The summed E-state index contributed by atoms with van der Waals surface area (Å²) < 4.78 is 0. The molecule has 1 fully saturated rings. The van der Waals surface area contributed by atoms with Gasteiger partial charge in [0, 0.05) is 19.6 Å². The molecule has 2 rings (SSSR count). The molecule has 2 aliphatic heterocycles. The maximum atomic E-state index is 2.59. The Hall–Kier alpha value is -0.760. The Morgan fingerprint density at radius 3 is 2.50 bits per heavy atom. The second-order valence-electron chi connectivity index (χ2n) is 4.17. The summed E-state index contributed by atoms with van der Waals surface area (Å²) in [5, 5.41) is 0. The van der Waals surface area contributed by atoms with Crippen molar-refractivity contribution in [2.24, 2.45) is 0 Å². The Bertz CT molecular complexity index is 214. The van der Waals surface area contributed by atoms with Gasteiger partial charge in [0.25, 0.3) is 0 Å². The summed E-state index contributed by atoms with van der Waals surface area (Å²) in [7, 11) is 0. The molecule has 0 aromatic rings. The molecule has 0 radical (unpaired) electrons. The number of hydrogen-bond acceptors (Lipinski definition) is 2. The molecule has 2 aliphatic rings. The molecule has 0 saturated carbocycles. The number of hydrogen-bond donors (Lipinski definition) is 0. The van der Waals surface area contributed by atoms with Gasteiger partial charge in [-0.1, -0.05) is 18.6 Å². The Labute approximate surface area is 86.9 Å². The lowest BCUT2D eigenvalue weighted by Gasteiger charge is -2.29. The molecule has 0 amide bonds.